The molecule has 3 aromatic carbocycles. The molecule has 0 aliphatic carbocycles. The number of carbonyl (C=O) groups excluding carboxylic acids is 2. The van der Waals surface area contributed by atoms with Crippen molar-refractivity contribution in [1.82, 2.24) is 0 Å². The first-order chi connectivity index (χ1) is 14.8. The maximum Gasteiger partial charge on any atom is 0.196 e. The van der Waals surface area contributed by atoms with Gasteiger partial charge < -0.3 is 4.74 Å². The van der Waals surface area contributed by atoms with E-state index < -0.39 is 6.10 Å². The third-order valence-electron chi connectivity index (χ3n) is 4.85. The van der Waals surface area contributed by atoms with Crippen LogP contribution in [0.2, 0.25) is 0 Å². The van der Waals surface area contributed by atoms with E-state index in [1.807, 2.05) is 93.6 Å². The van der Waals surface area contributed by atoms with E-state index in [-0.39, 0.29) is 5.78 Å². The Morgan fingerprint density at radius 2 is 1.39 bits per heavy atom. The smallest absolute Gasteiger partial charge is 0.196 e. The Bertz CT molecular complexity index is 953. The molecule has 162 valence electrons. The summed E-state index contributed by atoms with van der Waals surface area (Å²) in [5.74, 6) is 0.405. The molecular weight excluding hydrogens is 384 g/mol. The lowest BCUT2D eigenvalue weighted by atomic mass is 10.00. The van der Waals surface area contributed by atoms with Gasteiger partial charge in [0.05, 0.1) is 6.61 Å². The summed E-state index contributed by atoms with van der Waals surface area (Å²) in [4.78, 5) is 23.2. The molecule has 0 aliphatic heterocycles. The molecule has 0 heterocycles. The normalized spacial score (nSPS) is 11.4. The Labute approximate surface area is 186 Å². The van der Waals surface area contributed by atoms with Crippen LogP contribution in [0.4, 0.5) is 0 Å². The van der Waals surface area contributed by atoms with Crippen LogP contribution in [0.5, 0.6) is 0 Å². The van der Waals surface area contributed by atoms with E-state index in [4.69, 9.17) is 4.74 Å². The SMILES string of the molecule is CC(C)COC(C(=O)c1ccccc1)c1ccccc1.Cc1cc(C)c(C=O)c(C)c1. The summed E-state index contributed by atoms with van der Waals surface area (Å²) in [5.41, 5.74) is 5.77. The number of carbonyl (C=O) groups is 2. The average Bonchev–Trinajstić information content (AvgIpc) is 2.75. The molecule has 0 bridgehead atoms. The minimum atomic E-state index is -0.527. The number of ketones is 1. The van der Waals surface area contributed by atoms with E-state index in [0.717, 1.165) is 28.5 Å². The maximum absolute atomic E-state index is 12.6. The van der Waals surface area contributed by atoms with Gasteiger partial charge >= 0.3 is 0 Å². The molecular formula is C28H32O3. The number of aryl methyl sites for hydroxylation is 3. The van der Waals surface area contributed by atoms with Gasteiger partial charge in [0.1, 0.15) is 6.10 Å². The number of benzene rings is 3. The highest BCUT2D eigenvalue weighted by Crippen LogP contribution is 2.23. The molecule has 0 saturated carbocycles. The van der Waals surface area contributed by atoms with Gasteiger partial charge in [0, 0.05) is 11.1 Å². The van der Waals surface area contributed by atoms with Gasteiger partial charge in [-0.3, -0.25) is 9.59 Å². The van der Waals surface area contributed by atoms with Crippen molar-refractivity contribution in [2.75, 3.05) is 6.61 Å². The largest absolute Gasteiger partial charge is 0.365 e. The van der Waals surface area contributed by atoms with Gasteiger partial charge in [0.2, 0.25) is 0 Å². The third-order valence-corrected chi connectivity index (χ3v) is 4.85. The van der Waals surface area contributed by atoms with Crippen molar-refractivity contribution in [1.29, 1.82) is 0 Å². The second-order valence-electron chi connectivity index (χ2n) is 8.18. The number of hydrogen-bond acceptors (Lipinski definition) is 3. The summed E-state index contributed by atoms with van der Waals surface area (Å²) in [6, 6.07) is 23.0. The number of Topliss-reactive ketones (excluding diaryl/α,β-unsaturated/α-hetero) is 1. The van der Waals surface area contributed by atoms with Crippen LogP contribution in [0.1, 0.15) is 62.9 Å². The average molecular weight is 417 g/mol. The molecule has 0 N–H and O–H groups in total. The Kier molecular flexibility index (Phi) is 9.36. The summed E-state index contributed by atoms with van der Waals surface area (Å²) < 4.78 is 5.86. The molecule has 3 heteroatoms. The van der Waals surface area contributed by atoms with Crippen LogP contribution in [-0.2, 0) is 4.74 Å². The molecule has 31 heavy (non-hydrogen) atoms. The second-order valence-corrected chi connectivity index (χ2v) is 8.18. The molecule has 3 nitrogen and oxygen atoms in total. The van der Waals surface area contributed by atoms with Gasteiger partial charge in [0.15, 0.2) is 12.1 Å². The van der Waals surface area contributed by atoms with Gasteiger partial charge in [-0.25, -0.2) is 0 Å². The minimum absolute atomic E-state index is 0.0115. The van der Waals surface area contributed by atoms with E-state index in [0.29, 0.717) is 18.1 Å². The number of rotatable bonds is 7. The fourth-order valence-electron chi connectivity index (χ4n) is 3.37. The fraction of sp³-hybridized carbons (Fsp3) is 0.286. The lowest BCUT2D eigenvalue weighted by molar-refractivity contribution is 0.0308. The highest BCUT2D eigenvalue weighted by molar-refractivity contribution is 6.00. The monoisotopic (exact) mass is 416 g/mol. The molecule has 0 aliphatic rings. The van der Waals surface area contributed by atoms with Gasteiger partial charge in [-0.1, -0.05) is 92.2 Å². The summed E-state index contributed by atoms with van der Waals surface area (Å²) in [6.45, 7) is 10.7. The van der Waals surface area contributed by atoms with Gasteiger partial charge in [-0.2, -0.15) is 0 Å². The Morgan fingerprint density at radius 3 is 1.87 bits per heavy atom. The molecule has 0 spiro atoms. The quantitative estimate of drug-likeness (QED) is 0.318. The zero-order valence-corrected chi connectivity index (χ0v) is 19.1. The predicted octanol–water partition coefficient (Wildman–Crippen LogP) is 6.71. The molecule has 0 fully saturated rings. The summed E-state index contributed by atoms with van der Waals surface area (Å²) in [5, 5.41) is 0. The molecule has 0 saturated heterocycles. The van der Waals surface area contributed by atoms with Crippen LogP contribution in [-0.4, -0.2) is 18.7 Å². The van der Waals surface area contributed by atoms with Crippen LogP contribution in [0.25, 0.3) is 0 Å². The van der Waals surface area contributed by atoms with Crippen molar-refractivity contribution >= 4 is 12.1 Å². The van der Waals surface area contributed by atoms with Crippen LogP contribution in [0, 0.1) is 26.7 Å². The van der Waals surface area contributed by atoms with Crippen LogP contribution in [0.15, 0.2) is 72.8 Å². The zero-order valence-electron chi connectivity index (χ0n) is 19.1. The van der Waals surface area contributed by atoms with E-state index >= 15 is 0 Å². The molecule has 0 radical (unpaired) electrons. The van der Waals surface area contributed by atoms with Crippen LogP contribution < -0.4 is 0 Å². The van der Waals surface area contributed by atoms with Crippen molar-refractivity contribution in [3.05, 3.63) is 106 Å². The molecule has 1 unspecified atom stereocenters. The van der Waals surface area contributed by atoms with E-state index in [1.54, 1.807) is 0 Å². The third kappa shape index (κ3) is 7.30. The number of aldehydes is 1. The molecule has 0 aromatic heterocycles. The van der Waals surface area contributed by atoms with Crippen LogP contribution in [0.3, 0.4) is 0 Å². The first-order valence-corrected chi connectivity index (χ1v) is 10.6. The summed E-state index contributed by atoms with van der Waals surface area (Å²) in [7, 11) is 0. The zero-order chi connectivity index (χ0) is 22.8. The Hall–Kier alpha value is -3.04. The Balaban J connectivity index is 0.000000262. The lowest BCUT2D eigenvalue weighted by Gasteiger charge is -2.18. The Morgan fingerprint density at radius 1 is 0.871 bits per heavy atom. The minimum Gasteiger partial charge on any atom is -0.365 e. The first kappa shape index (κ1) is 24.2. The highest BCUT2D eigenvalue weighted by Gasteiger charge is 2.22. The first-order valence-electron chi connectivity index (χ1n) is 10.6. The lowest BCUT2D eigenvalue weighted by Crippen LogP contribution is -2.18. The van der Waals surface area contributed by atoms with Crippen molar-refractivity contribution < 1.29 is 14.3 Å². The topological polar surface area (TPSA) is 43.4 Å². The van der Waals surface area contributed by atoms with Crippen molar-refractivity contribution in [3.63, 3.8) is 0 Å². The summed E-state index contributed by atoms with van der Waals surface area (Å²) in [6.07, 6.45) is 0.394. The molecule has 0 amide bonds. The maximum atomic E-state index is 12.6. The van der Waals surface area contributed by atoms with Gasteiger partial charge in [0.25, 0.3) is 0 Å². The van der Waals surface area contributed by atoms with E-state index in [9.17, 15) is 9.59 Å². The van der Waals surface area contributed by atoms with Crippen molar-refractivity contribution in [3.8, 4) is 0 Å². The van der Waals surface area contributed by atoms with E-state index in [2.05, 4.69) is 13.8 Å². The van der Waals surface area contributed by atoms with Crippen LogP contribution >= 0.6 is 0 Å². The predicted molar refractivity (Wildman–Crippen MR) is 127 cm³/mol. The number of hydrogen-bond donors (Lipinski definition) is 0. The van der Waals surface area contributed by atoms with Crippen molar-refractivity contribution in [2.24, 2.45) is 5.92 Å². The van der Waals surface area contributed by atoms with Gasteiger partial charge in [-0.15, -0.1) is 0 Å². The molecule has 3 aromatic rings. The van der Waals surface area contributed by atoms with Crippen molar-refractivity contribution in [2.45, 2.75) is 40.7 Å². The fourth-order valence-corrected chi connectivity index (χ4v) is 3.37. The van der Waals surface area contributed by atoms with Gasteiger partial charge in [-0.05, 0) is 43.4 Å². The second kappa shape index (κ2) is 12.0. The van der Waals surface area contributed by atoms with E-state index in [1.165, 1.54) is 5.56 Å². The standard InChI is InChI=1S/C18H20O2.C10H12O/c1-14(2)13-20-18(16-11-7-4-8-12-16)17(19)15-9-5-3-6-10-15;1-7-4-8(2)10(6-11)9(3)5-7/h3-12,14,18H,13H2,1-2H3;4-6H,1-3H3. The molecule has 3 rings (SSSR count). The highest BCUT2D eigenvalue weighted by atomic mass is 16.5. The number of ether oxygens (including phenoxy) is 1. The molecule has 1 atom stereocenters. The summed E-state index contributed by atoms with van der Waals surface area (Å²) >= 11 is 0.